The van der Waals surface area contributed by atoms with Crippen LogP contribution in [0.5, 0.6) is 0 Å². The standard InChI is InChI=1S/C10H15NO4/c1-6-5-7(12)11(8(6)13)9(14)15-10(2,3)4/h5,7,12H,1-4H3. The topological polar surface area (TPSA) is 66.8 Å². The molecule has 0 radical (unpaired) electrons. The zero-order chi connectivity index (χ0) is 11.8. The van der Waals surface area contributed by atoms with E-state index in [1.165, 1.54) is 13.0 Å². The van der Waals surface area contributed by atoms with Crippen molar-refractivity contribution < 1.29 is 19.4 Å². The Morgan fingerprint density at radius 1 is 1.53 bits per heavy atom. The van der Waals surface area contributed by atoms with Crippen LogP contribution in [0.4, 0.5) is 4.79 Å². The summed E-state index contributed by atoms with van der Waals surface area (Å²) in [4.78, 5) is 23.7. The lowest BCUT2D eigenvalue weighted by Gasteiger charge is -2.25. The molecule has 0 bridgehead atoms. The first-order chi connectivity index (χ1) is 6.72. The van der Waals surface area contributed by atoms with Crippen LogP contribution in [0.15, 0.2) is 11.6 Å². The molecule has 0 saturated carbocycles. The summed E-state index contributed by atoms with van der Waals surface area (Å²) in [7, 11) is 0. The molecule has 0 aromatic heterocycles. The van der Waals surface area contributed by atoms with E-state index in [0.717, 1.165) is 0 Å². The predicted molar refractivity (Wildman–Crippen MR) is 52.8 cm³/mol. The minimum absolute atomic E-state index is 0.341. The fourth-order valence-electron chi connectivity index (χ4n) is 1.18. The van der Waals surface area contributed by atoms with E-state index in [-0.39, 0.29) is 0 Å². The first kappa shape index (κ1) is 11.7. The van der Waals surface area contributed by atoms with Gasteiger partial charge in [0.1, 0.15) is 5.60 Å². The molecule has 5 heteroatoms. The third kappa shape index (κ3) is 2.56. The van der Waals surface area contributed by atoms with Gasteiger partial charge in [0.2, 0.25) is 0 Å². The molecule has 0 fully saturated rings. The Bertz CT molecular complexity index is 327. The Morgan fingerprint density at radius 3 is 2.40 bits per heavy atom. The van der Waals surface area contributed by atoms with Crippen molar-refractivity contribution in [3.8, 4) is 0 Å². The lowest BCUT2D eigenvalue weighted by atomic mass is 10.2. The number of rotatable bonds is 0. The highest BCUT2D eigenvalue weighted by atomic mass is 16.6. The van der Waals surface area contributed by atoms with Gasteiger partial charge in [-0.25, -0.2) is 9.69 Å². The van der Waals surface area contributed by atoms with E-state index in [1.807, 2.05) is 0 Å². The van der Waals surface area contributed by atoms with Crippen LogP contribution in [0.3, 0.4) is 0 Å². The van der Waals surface area contributed by atoms with Crippen LogP contribution in [0.25, 0.3) is 0 Å². The van der Waals surface area contributed by atoms with Crippen molar-refractivity contribution >= 4 is 12.0 Å². The second kappa shape index (κ2) is 3.66. The molecule has 0 aliphatic carbocycles. The van der Waals surface area contributed by atoms with Gasteiger partial charge in [-0.1, -0.05) is 0 Å². The van der Waals surface area contributed by atoms with Crippen LogP contribution >= 0.6 is 0 Å². The van der Waals surface area contributed by atoms with Gasteiger partial charge in [0.15, 0.2) is 6.23 Å². The number of amides is 2. The fraction of sp³-hybridized carbons (Fsp3) is 0.600. The maximum absolute atomic E-state index is 11.5. The molecule has 5 nitrogen and oxygen atoms in total. The van der Waals surface area contributed by atoms with E-state index < -0.39 is 23.8 Å². The molecule has 1 rings (SSSR count). The van der Waals surface area contributed by atoms with Crippen molar-refractivity contribution in [2.24, 2.45) is 0 Å². The van der Waals surface area contributed by atoms with Crippen molar-refractivity contribution in [1.82, 2.24) is 4.90 Å². The van der Waals surface area contributed by atoms with Crippen molar-refractivity contribution in [1.29, 1.82) is 0 Å². The molecular formula is C10H15NO4. The Morgan fingerprint density at radius 2 is 2.07 bits per heavy atom. The van der Waals surface area contributed by atoms with E-state index in [9.17, 15) is 14.7 Å². The fourth-order valence-corrected chi connectivity index (χ4v) is 1.18. The second-order valence-corrected chi connectivity index (χ2v) is 4.42. The van der Waals surface area contributed by atoms with Gasteiger partial charge in [0.25, 0.3) is 5.91 Å². The molecule has 1 aliphatic heterocycles. The SMILES string of the molecule is CC1=CC(O)N(C(=O)OC(C)(C)C)C1=O. The van der Waals surface area contributed by atoms with E-state index in [4.69, 9.17) is 4.74 Å². The van der Waals surface area contributed by atoms with Gasteiger partial charge in [-0.2, -0.15) is 0 Å². The number of hydrogen-bond acceptors (Lipinski definition) is 4. The van der Waals surface area contributed by atoms with Gasteiger partial charge < -0.3 is 9.84 Å². The first-order valence-corrected chi connectivity index (χ1v) is 4.65. The van der Waals surface area contributed by atoms with Crippen LogP contribution in [0.1, 0.15) is 27.7 Å². The van der Waals surface area contributed by atoms with Crippen LogP contribution in [-0.2, 0) is 9.53 Å². The molecule has 0 aromatic carbocycles. The van der Waals surface area contributed by atoms with Crippen LogP contribution in [0, 0.1) is 0 Å². The summed E-state index contributed by atoms with van der Waals surface area (Å²) in [6, 6.07) is 0. The van der Waals surface area contributed by atoms with Gasteiger partial charge >= 0.3 is 6.09 Å². The summed E-state index contributed by atoms with van der Waals surface area (Å²) in [5.74, 6) is -0.517. The number of ether oxygens (including phenoxy) is 1. The van der Waals surface area contributed by atoms with Gasteiger partial charge in [0.05, 0.1) is 0 Å². The smallest absolute Gasteiger partial charge is 0.419 e. The number of imide groups is 1. The minimum atomic E-state index is -1.22. The zero-order valence-corrected chi connectivity index (χ0v) is 9.27. The Hall–Kier alpha value is -1.36. The molecular weight excluding hydrogens is 198 g/mol. The van der Waals surface area contributed by atoms with Crippen molar-refractivity contribution in [3.63, 3.8) is 0 Å². The number of aliphatic hydroxyl groups is 1. The number of carbonyl (C=O) groups excluding carboxylic acids is 2. The maximum atomic E-state index is 11.5. The molecule has 0 spiro atoms. The lowest BCUT2D eigenvalue weighted by Crippen LogP contribution is -2.43. The van der Waals surface area contributed by atoms with Gasteiger partial charge in [-0.05, 0) is 33.8 Å². The Labute approximate surface area is 88.3 Å². The Balaban J connectivity index is 2.75. The average molecular weight is 213 g/mol. The minimum Gasteiger partial charge on any atom is -0.443 e. The Kier molecular flexibility index (Phi) is 2.86. The molecule has 1 unspecified atom stereocenters. The molecule has 15 heavy (non-hydrogen) atoms. The molecule has 2 amide bonds. The summed E-state index contributed by atoms with van der Waals surface area (Å²) in [5, 5.41) is 9.42. The zero-order valence-electron chi connectivity index (χ0n) is 9.27. The van der Waals surface area contributed by atoms with Gasteiger partial charge in [-0.15, -0.1) is 0 Å². The van der Waals surface area contributed by atoms with E-state index in [0.29, 0.717) is 10.5 Å². The largest absolute Gasteiger partial charge is 0.443 e. The number of hydrogen-bond donors (Lipinski definition) is 1. The molecule has 1 heterocycles. The van der Waals surface area contributed by atoms with Gasteiger partial charge in [0, 0.05) is 5.57 Å². The highest BCUT2D eigenvalue weighted by molar-refractivity contribution is 6.04. The molecule has 1 aliphatic rings. The molecule has 0 aromatic rings. The normalized spacial score (nSPS) is 21.7. The molecule has 1 atom stereocenters. The number of carbonyl (C=O) groups is 2. The summed E-state index contributed by atoms with van der Waals surface area (Å²) in [5.41, 5.74) is -0.346. The van der Waals surface area contributed by atoms with Crippen molar-refractivity contribution in [2.45, 2.75) is 39.5 Å². The first-order valence-electron chi connectivity index (χ1n) is 4.65. The third-order valence-corrected chi connectivity index (χ3v) is 1.81. The van der Waals surface area contributed by atoms with E-state index in [2.05, 4.69) is 0 Å². The van der Waals surface area contributed by atoms with Crippen LogP contribution < -0.4 is 0 Å². The third-order valence-electron chi connectivity index (χ3n) is 1.81. The number of aliphatic hydroxyl groups excluding tert-OH is 1. The second-order valence-electron chi connectivity index (χ2n) is 4.42. The molecule has 84 valence electrons. The predicted octanol–water partition coefficient (Wildman–Crippen LogP) is 1.03. The summed E-state index contributed by atoms with van der Waals surface area (Å²) >= 11 is 0. The van der Waals surface area contributed by atoms with Crippen LogP contribution in [-0.4, -0.2) is 33.8 Å². The summed E-state index contributed by atoms with van der Waals surface area (Å²) < 4.78 is 4.98. The van der Waals surface area contributed by atoms with Crippen molar-refractivity contribution in [3.05, 3.63) is 11.6 Å². The molecule has 0 saturated heterocycles. The highest BCUT2D eigenvalue weighted by Gasteiger charge is 2.36. The van der Waals surface area contributed by atoms with Crippen molar-refractivity contribution in [2.75, 3.05) is 0 Å². The summed E-state index contributed by atoms with van der Waals surface area (Å²) in [6.07, 6.45) is -0.729. The quantitative estimate of drug-likeness (QED) is 0.652. The van der Waals surface area contributed by atoms with E-state index >= 15 is 0 Å². The van der Waals surface area contributed by atoms with Crippen LogP contribution in [0.2, 0.25) is 0 Å². The van der Waals surface area contributed by atoms with E-state index in [1.54, 1.807) is 20.8 Å². The van der Waals surface area contributed by atoms with Gasteiger partial charge in [-0.3, -0.25) is 4.79 Å². The highest BCUT2D eigenvalue weighted by Crippen LogP contribution is 2.19. The maximum Gasteiger partial charge on any atom is 0.419 e. The summed E-state index contributed by atoms with van der Waals surface area (Å²) in [6.45, 7) is 6.62. The monoisotopic (exact) mass is 213 g/mol. The lowest BCUT2D eigenvalue weighted by molar-refractivity contribution is -0.130. The molecule has 1 N–H and O–H groups in total. The number of nitrogens with zero attached hydrogens (tertiary/aromatic N) is 1. The average Bonchev–Trinajstić information content (AvgIpc) is 2.22.